The van der Waals surface area contributed by atoms with Crippen molar-refractivity contribution in [1.29, 1.82) is 0 Å². The van der Waals surface area contributed by atoms with E-state index in [9.17, 15) is 4.79 Å². The van der Waals surface area contributed by atoms with E-state index in [1.807, 2.05) is 4.90 Å². The van der Waals surface area contributed by atoms with Gasteiger partial charge in [-0.05, 0) is 33.2 Å². The number of aromatic nitrogens is 4. The Balaban J connectivity index is 1.26. The van der Waals surface area contributed by atoms with E-state index in [-0.39, 0.29) is 5.91 Å². The van der Waals surface area contributed by atoms with Crippen LogP contribution in [0.2, 0.25) is 0 Å². The molecule has 0 atom stereocenters. The molecule has 1 amide bonds. The summed E-state index contributed by atoms with van der Waals surface area (Å²) in [6, 6.07) is 15.0. The zero-order chi connectivity index (χ0) is 18.5. The van der Waals surface area contributed by atoms with E-state index in [4.69, 9.17) is 0 Å². The number of fused-ring (bicyclic) bond motifs is 1. The average Bonchev–Trinajstić information content (AvgIpc) is 3.22. The van der Waals surface area contributed by atoms with Crippen LogP contribution in [0, 0.1) is 0 Å². The first-order chi connectivity index (χ1) is 13.3. The maximum atomic E-state index is 12.4. The van der Waals surface area contributed by atoms with Crippen molar-refractivity contribution >= 4 is 16.7 Å². The Morgan fingerprint density at radius 2 is 1.81 bits per heavy atom. The minimum Gasteiger partial charge on any atom is -0.340 e. The third-order valence-electron chi connectivity index (χ3n) is 5.17. The van der Waals surface area contributed by atoms with Crippen molar-refractivity contribution in [2.24, 2.45) is 0 Å². The zero-order valence-electron chi connectivity index (χ0n) is 15.4. The fourth-order valence-corrected chi connectivity index (χ4v) is 3.66. The van der Waals surface area contributed by atoms with Crippen molar-refractivity contribution in [1.82, 2.24) is 30.0 Å². The number of nitrogens with zero attached hydrogens (tertiary/aromatic N) is 6. The van der Waals surface area contributed by atoms with E-state index in [2.05, 4.69) is 62.9 Å². The molecule has 1 fully saturated rings. The van der Waals surface area contributed by atoms with E-state index in [0.717, 1.165) is 39.1 Å². The minimum atomic E-state index is 0.230. The van der Waals surface area contributed by atoms with Gasteiger partial charge in [-0.1, -0.05) is 42.5 Å². The Morgan fingerprint density at radius 3 is 2.63 bits per heavy atom. The van der Waals surface area contributed by atoms with Crippen LogP contribution >= 0.6 is 0 Å². The third kappa shape index (κ3) is 4.31. The van der Waals surface area contributed by atoms with Crippen LogP contribution in [0.4, 0.5) is 0 Å². The van der Waals surface area contributed by atoms with Crippen LogP contribution in [0.3, 0.4) is 0 Å². The Labute approximate surface area is 158 Å². The van der Waals surface area contributed by atoms with Gasteiger partial charge in [-0.2, -0.15) is 0 Å². The smallest absolute Gasteiger partial charge is 0.222 e. The lowest BCUT2D eigenvalue weighted by Crippen LogP contribution is -2.48. The SMILES string of the molecule is O=C(CCCn1cnnn1)N1CCN(Cc2cccc3ccccc23)CC1. The molecule has 0 spiro atoms. The second-order valence-electron chi connectivity index (χ2n) is 6.97. The predicted octanol–water partition coefficient (Wildman–Crippen LogP) is 1.95. The molecule has 2 heterocycles. The molecule has 4 rings (SSSR count). The van der Waals surface area contributed by atoms with E-state index in [0.29, 0.717) is 13.0 Å². The number of aryl methyl sites for hydroxylation is 1. The molecule has 7 heteroatoms. The largest absolute Gasteiger partial charge is 0.340 e. The van der Waals surface area contributed by atoms with Crippen LogP contribution in [-0.2, 0) is 17.9 Å². The number of hydrogen-bond acceptors (Lipinski definition) is 5. The summed E-state index contributed by atoms with van der Waals surface area (Å²) in [6.07, 6.45) is 2.89. The van der Waals surface area contributed by atoms with E-state index < -0.39 is 0 Å². The molecule has 1 saturated heterocycles. The predicted molar refractivity (Wildman–Crippen MR) is 103 cm³/mol. The molecule has 0 unspecified atom stereocenters. The first-order valence-electron chi connectivity index (χ1n) is 9.47. The summed E-state index contributed by atoms with van der Waals surface area (Å²) in [5.41, 5.74) is 1.36. The monoisotopic (exact) mass is 364 g/mol. The van der Waals surface area contributed by atoms with Gasteiger partial charge in [-0.25, -0.2) is 4.68 Å². The maximum Gasteiger partial charge on any atom is 0.222 e. The molecule has 0 bridgehead atoms. The number of amides is 1. The number of hydrogen-bond donors (Lipinski definition) is 0. The molecule has 0 saturated carbocycles. The number of carbonyl (C=O) groups excluding carboxylic acids is 1. The number of benzene rings is 2. The Kier molecular flexibility index (Phi) is 5.39. The normalized spacial score (nSPS) is 15.3. The number of carbonyl (C=O) groups is 1. The first-order valence-corrected chi connectivity index (χ1v) is 9.47. The topological polar surface area (TPSA) is 67.2 Å². The Bertz CT molecular complexity index is 881. The first kappa shape index (κ1) is 17.6. The number of rotatable bonds is 6. The highest BCUT2D eigenvalue weighted by Crippen LogP contribution is 2.20. The van der Waals surface area contributed by atoms with Gasteiger partial charge in [0, 0.05) is 45.7 Å². The van der Waals surface area contributed by atoms with Crippen molar-refractivity contribution in [3.05, 3.63) is 54.4 Å². The summed E-state index contributed by atoms with van der Waals surface area (Å²) in [6.45, 7) is 5.05. The van der Waals surface area contributed by atoms with Gasteiger partial charge in [0.15, 0.2) is 0 Å². The summed E-state index contributed by atoms with van der Waals surface area (Å²) in [7, 11) is 0. The molecular formula is C20H24N6O. The highest BCUT2D eigenvalue weighted by atomic mass is 16.2. The molecule has 0 aliphatic carbocycles. The lowest BCUT2D eigenvalue weighted by atomic mass is 10.0. The fraction of sp³-hybridized carbons (Fsp3) is 0.400. The van der Waals surface area contributed by atoms with Gasteiger partial charge in [0.2, 0.25) is 5.91 Å². The summed E-state index contributed by atoms with van der Waals surface area (Å²) in [5.74, 6) is 0.230. The average molecular weight is 364 g/mol. The van der Waals surface area contributed by atoms with Gasteiger partial charge in [0.05, 0.1) is 0 Å². The van der Waals surface area contributed by atoms with Crippen LogP contribution in [0.5, 0.6) is 0 Å². The van der Waals surface area contributed by atoms with Crippen molar-refractivity contribution < 1.29 is 4.79 Å². The molecule has 27 heavy (non-hydrogen) atoms. The van der Waals surface area contributed by atoms with Crippen LogP contribution in [0.1, 0.15) is 18.4 Å². The summed E-state index contributed by atoms with van der Waals surface area (Å²) in [5, 5.41) is 13.6. The van der Waals surface area contributed by atoms with Gasteiger partial charge in [0.25, 0.3) is 0 Å². The van der Waals surface area contributed by atoms with Gasteiger partial charge in [-0.3, -0.25) is 9.69 Å². The zero-order valence-corrected chi connectivity index (χ0v) is 15.4. The molecular weight excluding hydrogens is 340 g/mol. The highest BCUT2D eigenvalue weighted by molar-refractivity contribution is 5.85. The van der Waals surface area contributed by atoms with Gasteiger partial charge in [-0.15, -0.1) is 5.10 Å². The molecule has 140 valence electrons. The van der Waals surface area contributed by atoms with E-state index >= 15 is 0 Å². The molecule has 1 aromatic heterocycles. The molecule has 2 aromatic carbocycles. The minimum absolute atomic E-state index is 0.230. The summed E-state index contributed by atoms with van der Waals surface area (Å²) < 4.78 is 1.66. The quantitative estimate of drug-likeness (QED) is 0.669. The molecule has 0 radical (unpaired) electrons. The number of piperazine rings is 1. The standard InChI is InChI=1S/C20H24N6O/c27-20(9-4-10-26-16-21-22-23-26)25-13-11-24(12-14-25)15-18-7-3-6-17-5-1-2-8-19(17)18/h1-3,5-8,16H,4,9-15H2. The van der Waals surface area contributed by atoms with Crippen LogP contribution < -0.4 is 0 Å². The van der Waals surface area contributed by atoms with Crippen molar-refractivity contribution in [3.8, 4) is 0 Å². The lowest BCUT2D eigenvalue weighted by Gasteiger charge is -2.35. The van der Waals surface area contributed by atoms with Gasteiger partial charge < -0.3 is 4.90 Å². The molecule has 1 aliphatic heterocycles. The second-order valence-corrected chi connectivity index (χ2v) is 6.97. The number of tetrazole rings is 1. The molecule has 1 aliphatic rings. The fourth-order valence-electron chi connectivity index (χ4n) is 3.66. The summed E-state index contributed by atoms with van der Waals surface area (Å²) in [4.78, 5) is 16.8. The Morgan fingerprint density at radius 1 is 1.00 bits per heavy atom. The second kappa shape index (κ2) is 8.26. The third-order valence-corrected chi connectivity index (χ3v) is 5.17. The highest BCUT2D eigenvalue weighted by Gasteiger charge is 2.21. The van der Waals surface area contributed by atoms with E-state index in [1.165, 1.54) is 16.3 Å². The summed E-state index contributed by atoms with van der Waals surface area (Å²) >= 11 is 0. The molecule has 3 aromatic rings. The lowest BCUT2D eigenvalue weighted by molar-refractivity contribution is -0.133. The Hall–Kier alpha value is -2.80. The molecule has 0 N–H and O–H groups in total. The van der Waals surface area contributed by atoms with Crippen LogP contribution in [0.15, 0.2) is 48.8 Å². The maximum absolute atomic E-state index is 12.4. The van der Waals surface area contributed by atoms with Crippen LogP contribution in [-0.4, -0.2) is 62.1 Å². The van der Waals surface area contributed by atoms with E-state index in [1.54, 1.807) is 11.0 Å². The van der Waals surface area contributed by atoms with Crippen LogP contribution in [0.25, 0.3) is 10.8 Å². The molecule has 7 nitrogen and oxygen atoms in total. The van der Waals surface area contributed by atoms with Gasteiger partial charge in [0.1, 0.15) is 6.33 Å². The van der Waals surface area contributed by atoms with Crippen molar-refractivity contribution in [3.63, 3.8) is 0 Å². The van der Waals surface area contributed by atoms with Crippen molar-refractivity contribution in [2.45, 2.75) is 25.9 Å². The van der Waals surface area contributed by atoms with Gasteiger partial charge >= 0.3 is 0 Å². The van der Waals surface area contributed by atoms with Crippen molar-refractivity contribution in [2.75, 3.05) is 26.2 Å².